The van der Waals surface area contributed by atoms with Crippen LogP contribution in [-0.2, 0) is 14.3 Å². The van der Waals surface area contributed by atoms with Crippen molar-refractivity contribution in [2.45, 2.75) is 19.3 Å². The Kier molecular flexibility index (Phi) is 8.06. The molecular formula is C18H18N4O4S. The summed E-state index contributed by atoms with van der Waals surface area (Å²) in [7, 11) is 1.24. The average molecular weight is 386 g/mol. The van der Waals surface area contributed by atoms with Gasteiger partial charge in [0.15, 0.2) is 5.17 Å². The number of hydrogen-bond donors (Lipinski definition) is 1. The number of nitrogens with zero attached hydrogens (tertiary/aromatic N) is 3. The quantitative estimate of drug-likeness (QED) is 0.241. The lowest BCUT2D eigenvalue weighted by molar-refractivity contribution is -0.135. The second-order valence-corrected chi connectivity index (χ2v) is 6.30. The van der Waals surface area contributed by atoms with E-state index < -0.39 is 11.9 Å². The first-order chi connectivity index (χ1) is 13.1. The Morgan fingerprint density at radius 2 is 2.11 bits per heavy atom. The third-order valence-electron chi connectivity index (χ3n) is 3.29. The summed E-state index contributed by atoms with van der Waals surface area (Å²) >= 11 is 1.01. The molecule has 2 rings (SSSR count). The van der Waals surface area contributed by atoms with Crippen LogP contribution in [0.3, 0.4) is 0 Å². The highest BCUT2D eigenvalue weighted by atomic mass is 32.2. The van der Waals surface area contributed by atoms with E-state index in [1.807, 2.05) is 24.3 Å². The van der Waals surface area contributed by atoms with Crippen LogP contribution in [0.5, 0.6) is 5.75 Å². The van der Waals surface area contributed by atoms with Gasteiger partial charge in [-0.3, -0.25) is 10.1 Å². The molecule has 1 heterocycles. The number of methoxy groups -OCH3 is 1. The Bertz CT molecular complexity index is 810. The van der Waals surface area contributed by atoms with Gasteiger partial charge in [0.25, 0.3) is 5.91 Å². The summed E-state index contributed by atoms with van der Waals surface area (Å²) in [5.74, 6) is -0.285. The van der Waals surface area contributed by atoms with E-state index in [9.17, 15) is 9.59 Å². The average Bonchev–Trinajstić information content (AvgIpc) is 3.02. The van der Waals surface area contributed by atoms with Crippen LogP contribution in [0, 0.1) is 11.3 Å². The first-order valence-corrected chi connectivity index (χ1v) is 8.93. The van der Waals surface area contributed by atoms with Gasteiger partial charge in [-0.15, -0.1) is 5.10 Å². The summed E-state index contributed by atoms with van der Waals surface area (Å²) in [6, 6.07) is 9.40. The summed E-state index contributed by atoms with van der Waals surface area (Å²) in [5.41, 5.74) is 0.816. The van der Waals surface area contributed by atoms with Crippen LogP contribution in [0.25, 0.3) is 0 Å². The van der Waals surface area contributed by atoms with Crippen molar-refractivity contribution >= 4 is 35.0 Å². The summed E-state index contributed by atoms with van der Waals surface area (Å²) in [5, 5.41) is 19.1. The number of hydrogen-bond acceptors (Lipinski definition) is 8. The molecule has 1 amide bonds. The molecule has 1 saturated heterocycles. The third kappa shape index (κ3) is 6.95. The zero-order chi connectivity index (χ0) is 19.5. The zero-order valence-electron chi connectivity index (χ0n) is 14.7. The first-order valence-electron chi connectivity index (χ1n) is 8.12. The monoisotopic (exact) mass is 386 g/mol. The van der Waals surface area contributed by atoms with E-state index in [1.54, 1.807) is 6.21 Å². The van der Waals surface area contributed by atoms with Gasteiger partial charge < -0.3 is 9.47 Å². The van der Waals surface area contributed by atoms with Crippen LogP contribution in [-0.4, -0.2) is 37.0 Å². The Morgan fingerprint density at radius 1 is 1.33 bits per heavy atom. The minimum Gasteiger partial charge on any atom is -0.494 e. The molecule has 0 aromatic heterocycles. The third-order valence-corrected chi connectivity index (χ3v) is 4.19. The number of nitrogens with one attached hydrogen (secondary N) is 1. The number of esters is 1. The van der Waals surface area contributed by atoms with Gasteiger partial charge in [-0.1, -0.05) is 0 Å². The lowest BCUT2D eigenvalue weighted by atomic mass is 10.2. The van der Waals surface area contributed by atoms with Crippen molar-refractivity contribution in [3.63, 3.8) is 0 Å². The van der Waals surface area contributed by atoms with Crippen molar-refractivity contribution < 1.29 is 19.1 Å². The first kappa shape index (κ1) is 20.2. The highest BCUT2D eigenvalue weighted by molar-refractivity contribution is 8.18. The fourth-order valence-corrected chi connectivity index (χ4v) is 2.67. The topological polar surface area (TPSA) is 113 Å². The molecule has 0 bridgehead atoms. The minimum absolute atomic E-state index is 0.201. The predicted octanol–water partition coefficient (Wildman–Crippen LogP) is 2.37. The van der Waals surface area contributed by atoms with Crippen molar-refractivity contribution in [1.82, 2.24) is 5.32 Å². The van der Waals surface area contributed by atoms with E-state index in [2.05, 4.69) is 26.3 Å². The van der Waals surface area contributed by atoms with Crippen LogP contribution in [0.15, 0.2) is 45.4 Å². The van der Waals surface area contributed by atoms with Crippen LogP contribution < -0.4 is 10.1 Å². The highest BCUT2D eigenvalue weighted by Gasteiger charge is 2.24. The Morgan fingerprint density at radius 3 is 2.81 bits per heavy atom. The molecule has 1 aliphatic heterocycles. The second-order valence-electron chi connectivity index (χ2n) is 5.27. The van der Waals surface area contributed by atoms with Gasteiger partial charge >= 0.3 is 5.97 Å². The van der Waals surface area contributed by atoms with Crippen LogP contribution >= 0.6 is 11.8 Å². The van der Waals surface area contributed by atoms with Crippen LogP contribution in [0.1, 0.15) is 24.8 Å². The molecule has 0 atom stereocenters. The number of ether oxygens (including phenoxy) is 2. The van der Waals surface area contributed by atoms with Crippen molar-refractivity contribution in [1.29, 1.82) is 5.26 Å². The largest absolute Gasteiger partial charge is 0.494 e. The molecule has 1 N–H and O–H groups in total. The predicted molar refractivity (Wildman–Crippen MR) is 102 cm³/mol. The molecule has 9 heteroatoms. The maximum atomic E-state index is 11.7. The molecule has 0 unspecified atom stereocenters. The molecule has 1 aromatic carbocycles. The van der Waals surface area contributed by atoms with Crippen molar-refractivity contribution in [2.24, 2.45) is 10.2 Å². The van der Waals surface area contributed by atoms with Gasteiger partial charge in [0.1, 0.15) is 5.75 Å². The number of amidine groups is 1. The van der Waals surface area contributed by atoms with Crippen molar-refractivity contribution in [3.8, 4) is 11.8 Å². The number of nitriles is 1. The lowest BCUT2D eigenvalue weighted by Crippen LogP contribution is -2.19. The van der Waals surface area contributed by atoms with Crippen LogP contribution in [0.2, 0.25) is 0 Å². The van der Waals surface area contributed by atoms with Gasteiger partial charge in [0, 0.05) is 12.5 Å². The highest BCUT2D eigenvalue weighted by Crippen LogP contribution is 2.23. The van der Waals surface area contributed by atoms with Gasteiger partial charge in [-0.2, -0.15) is 10.4 Å². The Balaban J connectivity index is 1.85. The summed E-state index contributed by atoms with van der Waals surface area (Å²) in [6.45, 7) is 0.571. The zero-order valence-corrected chi connectivity index (χ0v) is 15.5. The Labute approximate surface area is 160 Å². The SMILES string of the molecule is COC(=O)/C=C1/S/C(=N\N=Cc2ccc(OCCCCC#N)cc2)NC1=O. The summed E-state index contributed by atoms with van der Waals surface area (Å²) in [6.07, 6.45) is 4.85. The fourth-order valence-electron chi connectivity index (χ4n) is 1.94. The van der Waals surface area contributed by atoms with Gasteiger partial charge in [0.05, 0.1) is 30.9 Å². The van der Waals surface area contributed by atoms with E-state index in [0.717, 1.165) is 42.0 Å². The van der Waals surface area contributed by atoms with Gasteiger partial charge in [0.2, 0.25) is 0 Å². The van der Waals surface area contributed by atoms with E-state index in [-0.39, 0.29) is 10.1 Å². The molecular weight excluding hydrogens is 368 g/mol. The smallest absolute Gasteiger partial charge is 0.331 e. The van der Waals surface area contributed by atoms with E-state index >= 15 is 0 Å². The molecule has 140 valence electrons. The van der Waals surface area contributed by atoms with E-state index in [0.29, 0.717) is 13.0 Å². The normalized spacial score (nSPS) is 16.5. The molecule has 0 radical (unpaired) electrons. The van der Waals surface area contributed by atoms with Gasteiger partial charge in [-0.05, 0) is 54.4 Å². The number of rotatable bonds is 8. The van der Waals surface area contributed by atoms with Crippen LogP contribution in [0.4, 0.5) is 0 Å². The summed E-state index contributed by atoms with van der Waals surface area (Å²) in [4.78, 5) is 23.1. The molecule has 0 aliphatic carbocycles. The molecule has 8 nitrogen and oxygen atoms in total. The second kappa shape index (κ2) is 10.8. The van der Waals surface area contributed by atoms with Crippen molar-refractivity contribution in [2.75, 3.05) is 13.7 Å². The molecule has 0 saturated carbocycles. The molecule has 1 fully saturated rings. The maximum Gasteiger partial charge on any atom is 0.331 e. The maximum absolute atomic E-state index is 11.7. The van der Waals surface area contributed by atoms with E-state index in [4.69, 9.17) is 10.00 Å². The molecule has 0 spiro atoms. The number of amides is 1. The minimum atomic E-state index is -0.607. The van der Waals surface area contributed by atoms with Gasteiger partial charge in [-0.25, -0.2) is 4.79 Å². The number of carbonyl (C=O) groups is 2. The number of benzene rings is 1. The molecule has 1 aromatic rings. The van der Waals surface area contributed by atoms with Crippen molar-refractivity contribution in [3.05, 3.63) is 40.8 Å². The molecule has 27 heavy (non-hydrogen) atoms. The number of unbranched alkanes of at least 4 members (excludes halogenated alkanes) is 2. The number of thioether (sulfide) groups is 1. The molecule has 1 aliphatic rings. The number of carbonyl (C=O) groups excluding carboxylic acids is 2. The standard InChI is InChI=1S/C18H18N4O4S/c1-25-16(23)11-15-17(24)21-18(27-15)22-20-12-13-5-7-14(8-6-13)26-10-4-2-3-9-19/h5-8,11-12H,2-4,10H2,1H3,(H,21,22,24)/b15-11+,20-12?. The lowest BCUT2D eigenvalue weighted by Gasteiger charge is -2.05. The summed E-state index contributed by atoms with van der Waals surface area (Å²) < 4.78 is 10.1. The fraction of sp³-hybridized carbons (Fsp3) is 0.278. The Hall–Kier alpha value is -3.12. The van der Waals surface area contributed by atoms with E-state index in [1.165, 1.54) is 7.11 Å².